The highest BCUT2D eigenvalue weighted by molar-refractivity contribution is 6.41. The van der Waals surface area contributed by atoms with E-state index in [1.54, 1.807) is 12.1 Å². The molecule has 0 radical (unpaired) electrons. The van der Waals surface area contributed by atoms with Gasteiger partial charge in [-0.05, 0) is 6.07 Å². The average molecular weight is 491 g/mol. The number of nitrogens with one attached hydrogen (secondary N) is 1. The van der Waals surface area contributed by atoms with E-state index in [0.29, 0.717) is 28.1 Å². The van der Waals surface area contributed by atoms with Crippen LogP contribution in [-0.2, 0) is 0 Å². The summed E-state index contributed by atoms with van der Waals surface area (Å²) in [6.07, 6.45) is 4.12. The highest BCUT2D eigenvalue weighted by Gasteiger charge is 2.22. The van der Waals surface area contributed by atoms with Gasteiger partial charge in [-0.3, -0.25) is 19.9 Å². The minimum Gasteiger partial charge on any atom is -0.495 e. The second-order valence-corrected chi connectivity index (χ2v) is 6.96. The van der Waals surface area contributed by atoms with Crippen LogP contribution in [0.4, 0.5) is 0 Å². The van der Waals surface area contributed by atoms with Crippen molar-refractivity contribution in [3.63, 3.8) is 0 Å². The first kappa shape index (κ1) is 23.7. The lowest BCUT2D eigenvalue weighted by Crippen LogP contribution is -2.12. The number of carboxylic acids is 1. The minimum atomic E-state index is -1.10. The average Bonchev–Trinajstić information content (AvgIpc) is 3.35. The summed E-state index contributed by atoms with van der Waals surface area (Å²) in [4.78, 5) is 33.5. The molecule has 4 N–H and O–H groups in total. The number of benzene rings is 2. The van der Waals surface area contributed by atoms with Gasteiger partial charge in [0.15, 0.2) is 0 Å². The molecule has 33 heavy (non-hydrogen) atoms. The lowest BCUT2D eigenvalue weighted by atomic mass is 10.00. The van der Waals surface area contributed by atoms with Crippen LogP contribution in [0.5, 0.6) is 11.5 Å². The molecule has 0 aliphatic carbocycles. The van der Waals surface area contributed by atoms with E-state index in [1.165, 1.54) is 39.0 Å². The Balaban J connectivity index is 0.000000323. The number of H-pyrrole nitrogens is 1. The number of rotatable bonds is 5. The van der Waals surface area contributed by atoms with E-state index >= 15 is 0 Å². The zero-order valence-corrected chi connectivity index (χ0v) is 18.7. The molecule has 0 bridgehead atoms. The van der Waals surface area contributed by atoms with Crippen LogP contribution >= 0.6 is 23.2 Å². The number of carboxylic acid groups (broad SMARTS) is 1. The topological polar surface area (TPSA) is 166 Å². The van der Waals surface area contributed by atoms with E-state index in [9.17, 15) is 14.7 Å². The molecule has 4 rings (SSSR count). The quantitative estimate of drug-likeness (QED) is 0.380. The third-order valence-corrected chi connectivity index (χ3v) is 5.10. The Labute approximate surface area is 196 Å². The Hall–Kier alpha value is -3.96. The molecule has 2 aromatic carbocycles. The summed E-state index contributed by atoms with van der Waals surface area (Å²) in [5, 5.41) is 15.6. The molecule has 2 aromatic heterocycles. The number of carbonyl (C=O) groups is 2. The first-order chi connectivity index (χ1) is 15.8. The number of nitrogens with two attached hydrogens (primary N) is 1. The summed E-state index contributed by atoms with van der Waals surface area (Å²) in [7, 11) is 2.95. The van der Waals surface area contributed by atoms with E-state index in [2.05, 4.69) is 25.1 Å². The number of hydrogen-bond acceptors (Lipinski definition) is 8. The van der Waals surface area contributed by atoms with Gasteiger partial charge in [0.1, 0.15) is 23.3 Å². The minimum absolute atomic E-state index is 0.0361. The Kier molecular flexibility index (Phi) is 7.26. The van der Waals surface area contributed by atoms with Crippen molar-refractivity contribution in [3.05, 3.63) is 58.4 Å². The number of hydrogen-bond donors (Lipinski definition) is 3. The van der Waals surface area contributed by atoms with Crippen LogP contribution in [0, 0.1) is 0 Å². The zero-order chi connectivity index (χ0) is 24.1. The number of halogens is 2. The number of nitrogens with zero attached hydrogens (tertiary/aromatic N) is 4. The van der Waals surface area contributed by atoms with Crippen LogP contribution in [0.2, 0.25) is 10.0 Å². The fourth-order valence-corrected chi connectivity index (χ4v) is 3.58. The Bertz CT molecular complexity index is 1300. The molecule has 0 aliphatic rings. The third kappa shape index (κ3) is 4.78. The van der Waals surface area contributed by atoms with Gasteiger partial charge < -0.3 is 20.3 Å². The summed E-state index contributed by atoms with van der Waals surface area (Å²) in [5.41, 5.74) is 6.38. The Morgan fingerprint density at radius 1 is 1.00 bits per heavy atom. The number of primary amides is 1. The van der Waals surface area contributed by atoms with Gasteiger partial charge in [-0.1, -0.05) is 29.3 Å². The molecule has 11 nitrogen and oxygen atoms in total. The lowest BCUT2D eigenvalue weighted by Gasteiger charge is -2.16. The van der Waals surface area contributed by atoms with E-state index in [-0.39, 0.29) is 26.9 Å². The largest absolute Gasteiger partial charge is 0.495 e. The van der Waals surface area contributed by atoms with Gasteiger partial charge in [0.2, 0.25) is 5.82 Å². The fourth-order valence-electron chi connectivity index (χ4n) is 2.88. The smallest absolute Gasteiger partial charge is 0.337 e. The van der Waals surface area contributed by atoms with Crippen LogP contribution in [0.3, 0.4) is 0 Å². The van der Waals surface area contributed by atoms with Crippen molar-refractivity contribution >= 4 is 46.1 Å². The Morgan fingerprint density at radius 3 is 2.06 bits per heavy atom. The van der Waals surface area contributed by atoms with E-state index in [0.717, 1.165) is 0 Å². The maximum absolute atomic E-state index is 11.4. The molecule has 0 atom stereocenters. The molecular weight excluding hydrogens is 475 g/mol. The van der Waals surface area contributed by atoms with Crippen molar-refractivity contribution in [1.29, 1.82) is 0 Å². The maximum Gasteiger partial charge on any atom is 0.337 e. The predicted molar refractivity (Wildman–Crippen MR) is 120 cm³/mol. The monoisotopic (exact) mass is 490 g/mol. The van der Waals surface area contributed by atoms with Crippen molar-refractivity contribution in [2.45, 2.75) is 0 Å². The molecule has 0 aliphatic heterocycles. The van der Waals surface area contributed by atoms with Gasteiger partial charge in [-0.2, -0.15) is 5.10 Å². The van der Waals surface area contributed by atoms with Gasteiger partial charge in [-0.15, -0.1) is 0 Å². The molecule has 13 heteroatoms. The van der Waals surface area contributed by atoms with Crippen LogP contribution in [0.25, 0.3) is 22.2 Å². The van der Waals surface area contributed by atoms with Gasteiger partial charge in [0.05, 0.1) is 35.3 Å². The Morgan fingerprint density at radius 2 is 1.61 bits per heavy atom. The number of methoxy groups -OCH3 is 2. The number of fused-ring (bicyclic) bond motifs is 1. The molecule has 0 saturated heterocycles. The zero-order valence-electron chi connectivity index (χ0n) is 17.2. The van der Waals surface area contributed by atoms with E-state index in [4.69, 9.17) is 38.4 Å². The second-order valence-electron chi connectivity index (χ2n) is 6.20. The summed E-state index contributed by atoms with van der Waals surface area (Å²) < 4.78 is 10.6. The first-order valence-electron chi connectivity index (χ1n) is 9.02. The first-order valence-corrected chi connectivity index (χ1v) is 9.78. The normalized spacial score (nSPS) is 10.3. The fraction of sp³-hybridized carbons (Fsp3) is 0.100. The number of aromatic carboxylic acids is 1. The van der Waals surface area contributed by atoms with Crippen LogP contribution in [0.15, 0.2) is 36.9 Å². The molecule has 4 aromatic rings. The van der Waals surface area contributed by atoms with Crippen LogP contribution < -0.4 is 15.2 Å². The third-order valence-electron chi connectivity index (χ3n) is 4.35. The van der Waals surface area contributed by atoms with E-state index < -0.39 is 11.9 Å². The van der Waals surface area contributed by atoms with Crippen molar-refractivity contribution in [3.8, 4) is 22.6 Å². The summed E-state index contributed by atoms with van der Waals surface area (Å²) in [6, 6.07) is 4.60. The summed E-state index contributed by atoms with van der Waals surface area (Å²) in [6.45, 7) is 0. The number of aromatic nitrogens is 5. The van der Waals surface area contributed by atoms with Crippen molar-refractivity contribution in [2.75, 3.05) is 14.2 Å². The lowest BCUT2D eigenvalue weighted by molar-refractivity contribution is 0.0698. The van der Waals surface area contributed by atoms with Crippen LogP contribution in [0.1, 0.15) is 21.0 Å². The number of amides is 1. The van der Waals surface area contributed by atoms with Gasteiger partial charge >= 0.3 is 5.97 Å². The molecule has 0 fully saturated rings. The number of carbonyl (C=O) groups excluding carboxylic acids is 1. The molecule has 2 heterocycles. The molecule has 1 amide bonds. The highest BCUT2D eigenvalue weighted by Crippen LogP contribution is 2.47. The number of aromatic amines is 1. The predicted octanol–water partition coefficient (Wildman–Crippen LogP) is 3.22. The molecular formula is C20H16Cl2N6O5. The molecule has 170 valence electrons. The van der Waals surface area contributed by atoms with Crippen molar-refractivity contribution in [1.82, 2.24) is 25.1 Å². The SMILES string of the molecule is COc1cc(OC)c(Cl)c(-c2ccc(C(=O)O)c3nccnc23)c1Cl.NC(=O)c1ncn[nH]1. The number of ether oxygens (including phenoxy) is 2. The summed E-state index contributed by atoms with van der Waals surface area (Å²) in [5.74, 6) is -0.862. The molecule has 0 saturated carbocycles. The van der Waals surface area contributed by atoms with Gasteiger partial charge in [0.25, 0.3) is 5.91 Å². The van der Waals surface area contributed by atoms with Crippen molar-refractivity contribution < 1.29 is 24.2 Å². The maximum atomic E-state index is 11.4. The molecule has 0 unspecified atom stereocenters. The van der Waals surface area contributed by atoms with Gasteiger partial charge in [-0.25, -0.2) is 9.78 Å². The van der Waals surface area contributed by atoms with Crippen LogP contribution in [-0.4, -0.2) is 56.4 Å². The highest BCUT2D eigenvalue weighted by atomic mass is 35.5. The van der Waals surface area contributed by atoms with Crippen molar-refractivity contribution in [2.24, 2.45) is 5.73 Å². The summed E-state index contributed by atoms with van der Waals surface area (Å²) >= 11 is 12.9. The van der Waals surface area contributed by atoms with Gasteiger partial charge in [0, 0.05) is 29.6 Å². The standard InChI is InChI=1S/C17H12Cl2N2O4.C3H4N4O/c1-24-10-7-11(25-2)14(19)12(13(10)18)8-3-4-9(17(22)23)16-15(8)20-5-6-21-16;4-2(8)3-5-1-6-7-3/h3-7H,1-2H3,(H,22,23);1H,(H2,4,8)(H,5,6,7). The second kappa shape index (κ2) is 10.1. The van der Waals surface area contributed by atoms with E-state index in [1.807, 2.05) is 0 Å². The molecule has 0 spiro atoms.